The van der Waals surface area contributed by atoms with E-state index in [0.717, 1.165) is 24.0 Å². The minimum atomic E-state index is -0.339. The molecule has 5 rings (SSSR count). The van der Waals surface area contributed by atoms with Gasteiger partial charge in [-0.05, 0) is 46.4 Å². The predicted octanol–water partition coefficient (Wildman–Crippen LogP) is 6.80. The van der Waals surface area contributed by atoms with Crippen molar-refractivity contribution in [3.63, 3.8) is 0 Å². The van der Waals surface area contributed by atoms with Crippen molar-refractivity contribution in [1.29, 1.82) is 0 Å². The van der Waals surface area contributed by atoms with E-state index in [4.69, 9.17) is 0 Å². The zero-order valence-electron chi connectivity index (χ0n) is 16.8. The average Bonchev–Trinajstić information content (AvgIpc) is 2.82. The first-order valence-electron chi connectivity index (χ1n) is 10.5. The topological polar surface area (TPSA) is 3.24 Å². The van der Waals surface area contributed by atoms with Gasteiger partial charge < -0.3 is 0 Å². The molecule has 1 aliphatic heterocycles. The molecule has 0 fully saturated rings. The van der Waals surface area contributed by atoms with E-state index in [9.17, 15) is 0 Å². The molecule has 4 aromatic rings. The SMILES string of the molecule is Brc1ccc2c(c1)CCN(C(c1ccccc1)(c1ccccc1)c1ccccc1)C2. The minimum Gasteiger partial charge on any atom is -0.281 e. The van der Waals surface area contributed by atoms with Crippen LogP contribution in [0, 0.1) is 0 Å². The molecule has 0 saturated heterocycles. The Hall–Kier alpha value is -2.68. The average molecular weight is 454 g/mol. The molecule has 0 amide bonds. The largest absolute Gasteiger partial charge is 0.281 e. The van der Waals surface area contributed by atoms with Gasteiger partial charge in [0.15, 0.2) is 0 Å². The first kappa shape index (κ1) is 19.3. The van der Waals surface area contributed by atoms with Gasteiger partial charge in [-0.15, -0.1) is 0 Å². The molecule has 1 nitrogen and oxygen atoms in total. The van der Waals surface area contributed by atoms with Crippen LogP contribution in [0.4, 0.5) is 0 Å². The molecule has 0 saturated carbocycles. The molecule has 2 heteroatoms. The van der Waals surface area contributed by atoms with Crippen molar-refractivity contribution in [2.75, 3.05) is 6.54 Å². The van der Waals surface area contributed by atoms with E-state index in [1.807, 2.05) is 0 Å². The van der Waals surface area contributed by atoms with Crippen LogP contribution in [-0.4, -0.2) is 11.4 Å². The second kappa shape index (κ2) is 8.22. The summed E-state index contributed by atoms with van der Waals surface area (Å²) in [6.45, 7) is 1.92. The van der Waals surface area contributed by atoms with Crippen molar-refractivity contribution in [3.8, 4) is 0 Å². The summed E-state index contributed by atoms with van der Waals surface area (Å²) in [6.07, 6.45) is 1.04. The van der Waals surface area contributed by atoms with Gasteiger partial charge in [-0.1, -0.05) is 113 Å². The molecule has 4 aromatic carbocycles. The predicted molar refractivity (Wildman–Crippen MR) is 127 cm³/mol. The third kappa shape index (κ3) is 3.30. The fourth-order valence-corrected chi connectivity index (χ4v) is 5.30. The van der Waals surface area contributed by atoms with Crippen LogP contribution in [0.15, 0.2) is 114 Å². The zero-order chi connectivity index (χ0) is 20.4. The maximum atomic E-state index is 3.64. The van der Waals surface area contributed by atoms with Crippen molar-refractivity contribution in [1.82, 2.24) is 4.90 Å². The van der Waals surface area contributed by atoms with Crippen LogP contribution in [0.25, 0.3) is 0 Å². The van der Waals surface area contributed by atoms with Gasteiger partial charge >= 0.3 is 0 Å². The van der Waals surface area contributed by atoms with E-state index in [2.05, 4.69) is 130 Å². The molecule has 0 unspecified atom stereocenters. The van der Waals surface area contributed by atoms with Crippen LogP contribution >= 0.6 is 15.9 Å². The van der Waals surface area contributed by atoms with Crippen LogP contribution in [-0.2, 0) is 18.5 Å². The first-order valence-corrected chi connectivity index (χ1v) is 11.3. The molecule has 1 aliphatic rings. The van der Waals surface area contributed by atoms with E-state index in [0.29, 0.717) is 0 Å². The highest BCUT2D eigenvalue weighted by molar-refractivity contribution is 9.10. The maximum absolute atomic E-state index is 3.64. The van der Waals surface area contributed by atoms with Gasteiger partial charge in [0, 0.05) is 17.6 Å². The van der Waals surface area contributed by atoms with Gasteiger partial charge in [-0.3, -0.25) is 4.90 Å². The fourth-order valence-electron chi connectivity index (χ4n) is 4.89. The van der Waals surface area contributed by atoms with Gasteiger partial charge in [0.1, 0.15) is 0 Å². The number of rotatable bonds is 4. The summed E-state index contributed by atoms with van der Waals surface area (Å²) in [4.78, 5) is 2.66. The van der Waals surface area contributed by atoms with Crippen LogP contribution < -0.4 is 0 Å². The Morgan fingerprint density at radius 1 is 0.600 bits per heavy atom. The number of hydrogen-bond donors (Lipinski definition) is 0. The molecule has 0 aromatic heterocycles. The molecular formula is C28H24BrN. The van der Waals surface area contributed by atoms with E-state index < -0.39 is 0 Å². The minimum absolute atomic E-state index is 0.339. The zero-order valence-corrected chi connectivity index (χ0v) is 18.4. The molecule has 0 atom stereocenters. The third-order valence-corrected chi connectivity index (χ3v) is 6.72. The van der Waals surface area contributed by atoms with E-state index in [-0.39, 0.29) is 5.54 Å². The molecule has 1 heterocycles. The smallest absolute Gasteiger partial charge is 0.0975 e. The monoisotopic (exact) mass is 453 g/mol. The molecule has 0 spiro atoms. The second-order valence-corrected chi connectivity index (χ2v) is 8.81. The van der Waals surface area contributed by atoms with Gasteiger partial charge in [-0.25, -0.2) is 0 Å². The van der Waals surface area contributed by atoms with Crippen LogP contribution in [0.3, 0.4) is 0 Å². The molecule has 0 bridgehead atoms. The van der Waals surface area contributed by atoms with E-state index in [1.165, 1.54) is 27.8 Å². The van der Waals surface area contributed by atoms with Crippen molar-refractivity contribution >= 4 is 15.9 Å². The van der Waals surface area contributed by atoms with Crippen LogP contribution in [0.2, 0.25) is 0 Å². The van der Waals surface area contributed by atoms with Gasteiger partial charge in [0.05, 0.1) is 5.54 Å². The van der Waals surface area contributed by atoms with Gasteiger partial charge in [-0.2, -0.15) is 0 Å². The quantitative estimate of drug-likeness (QED) is 0.307. The summed E-state index contributed by atoms with van der Waals surface area (Å²) in [6, 6.07) is 39.6. The third-order valence-electron chi connectivity index (χ3n) is 6.23. The van der Waals surface area contributed by atoms with E-state index in [1.54, 1.807) is 0 Å². The maximum Gasteiger partial charge on any atom is 0.0975 e. The molecule has 0 aliphatic carbocycles. The highest BCUT2D eigenvalue weighted by Gasteiger charge is 2.43. The summed E-state index contributed by atoms with van der Waals surface area (Å²) < 4.78 is 1.16. The number of fused-ring (bicyclic) bond motifs is 1. The number of nitrogens with zero attached hydrogens (tertiary/aromatic N) is 1. The lowest BCUT2D eigenvalue weighted by molar-refractivity contribution is 0.139. The molecule has 148 valence electrons. The Morgan fingerprint density at radius 3 is 1.60 bits per heavy atom. The highest BCUT2D eigenvalue weighted by Crippen LogP contribution is 2.44. The van der Waals surface area contributed by atoms with Gasteiger partial charge in [0.2, 0.25) is 0 Å². The highest BCUT2D eigenvalue weighted by atomic mass is 79.9. The first-order chi connectivity index (χ1) is 14.8. The normalized spacial score (nSPS) is 14.3. The van der Waals surface area contributed by atoms with Crippen molar-refractivity contribution in [2.24, 2.45) is 0 Å². The lowest BCUT2D eigenvalue weighted by Gasteiger charge is -2.47. The number of benzene rings is 4. The number of hydrogen-bond acceptors (Lipinski definition) is 1. The van der Waals surface area contributed by atoms with Crippen molar-refractivity contribution < 1.29 is 0 Å². The van der Waals surface area contributed by atoms with Crippen LogP contribution in [0.5, 0.6) is 0 Å². The summed E-state index contributed by atoms with van der Waals surface area (Å²) in [5.74, 6) is 0. The Kier molecular flexibility index (Phi) is 5.28. The Labute approximate surface area is 187 Å². The van der Waals surface area contributed by atoms with E-state index >= 15 is 0 Å². The lowest BCUT2D eigenvalue weighted by atomic mass is 9.74. The van der Waals surface area contributed by atoms with Crippen molar-refractivity contribution in [3.05, 3.63) is 141 Å². The Morgan fingerprint density at radius 2 is 1.10 bits per heavy atom. The molecule has 0 N–H and O–H groups in total. The lowest BCUT2D eigenvalue weighted by Crippen LogP contribution is -2.50. The Balaban J connectivity index is 1.75. The molecule has 30 heavy (non-hydrogen) atoms. The summed E-state index contributed by atoms with van der Waals surface area (Å²) in [7, 11) is 0. The molecule has 0 radical (unpaired) electrons. The van der Waals surface area contributed by atoms with Gasteiger partial charge in [0.25, 0.3) is 0 Å². The van der Waals surface area contributed by atoms with Crippen LogP contribution in [0.1, 0.15) is 27.8 Å². The standard InChI is InChI=1S/C28H24BrN/c29-27-17-16-23-21-30(19-18-22(23)20-27)28(24-10-4-1-5-11-24,25-12-6-2-7-13-25)26-14-8-3-9-15-26/h1-17,20H,18-19,21H2. The summed E-state index contributed by atoms with van der Waals surface area (Å²) in [5, 5.41) is 0. The summed E-state index contributed by atoms with van der Waals surface area (Å²) >= 11 is 3.64. The molecular weight excluding hydrogens is 430 g/mol. The Bertz CT molecular complexity index is 1030. The second-order valence-electron chi connectivity index (χ2n) is 7.89. The van der Waals surface area contributed by atoms with Crippen molar-refractivity contribution in [2.45, 2.75) is 18.5 Å². The number of halogens is 1. The fraction of sp³-hybridized carbons (Fsp3) is 0.143. The summed E-state index contributed by atoms with van der Waals surface area (Å²) in [5.41, 5.74) is 6.45.